The van der Waals surface area contributed by atoms with Crippen LogP contribution < -0.4 is 20.4 Å². The number of hydrogen-bond acceptors (Lipinski definition) is 4. The summed E-state index contributed by atoms with van der Waals surface area (Å²) in [5, 5.41) is 6.91. The number of benzene rings is 1. The zero-order valence-electron chi connectivity index (χ0n) is 19.2. The van der Waals surface area contributed by atoms with Gasteiger partial charge in [-0.2, -0.15) is 0 Å². The summed E-state index contributed by atoms with van der Waals surface area (Å²) in [6.07, 6.45) is 6.30. The Balaban J connectivity index is 1.16. The molecule has 32 heavy (non-hydrogen) atoms. The van der Waals surface area contributed by atoms with Crippen molar-refractivity contribution in [2.45, 2.75) is 45.1 Å². The van der Waals surface area contributed by atoms with Crippen LogP contribution in [0.15, 0.2) is 47.6 Å². The van der Waals surface area contributed by atoms with E-state index in [1.807, 2.05) is 29.3 Å². The molecule has 170 valence electrons. The maximum atomic E-state index is 12.6. The standard InChI is InChI=1S/C25H34N6O/c1-19-9-10-23(28-18-19)30-15-12-21(13-16-30)29-25(26-2)27-14-5-8-24(32)31-17-11-20-6-3-4-7-22(20)31/h3-4,6-7,9-10,18,21H,5,8,11-17H2,1-2H3,(H2,26,27,29). The highest BCUT2D eigenvalue weighted by molar-refractivity contribution is 5.95. The fourth-order valence-electron chi connectivity index (χ4n) is 4.47. The molecular weight excluding hydrogens is 400 g/mol. The van der Waals surface area contributed by atoms with Crippen LogP contribution in [0.2, 0.25) is 0 Å². The quantitative estimate of drug-likeness (QED) is 0.416. The first kappa shape index (κ1) is 22.1. The van der Waals surface area contributed by atoms with Gasteiger partial charge < -0.3 is 20.4 Å². The lowest BCUT2D eigenvalue weighted by Gasteiger charge is -2.33. The van der Waals surface area contributed by atoms with Crippen LogP contribution >= 0.6 is 0 Å². The summed E-state index contributed by atoms with van der Waals surface area (Å²) in [5.74, 6) is 2.08. The van der Waals surface area contributed by atoms with Crippen molar-refractivity contribution < 1.29 is 4.79 Å². The van der Waals surface area contributed by atoms with Crippen LogP contribution in [-0.2, 0) is 11.2 Å². The predicted octanol–water partition coefficient (Wildman–Crippen LogP) is 2.89. The van der Waals surface area contributed by atoms with E-state index in [-0.39, 0.29) is 5.91 Å². The number of fused-ring (bicyclic) bond motifs is 1. The van der Waals surface area contributed by atoms with Gasteiger partial charge in [0.2, 0.25) is 5.91 Å². The van der Waals surface area contributed by atoms with E-state index in [1.165, 1.54) is 11.1 Å². The number of guanidine groups is 1. The Kier molecular flexibility index (Phi) is 7.24. The van der Waals surface area contributed by atoms with E-state index in [0.29, 0.717) is 12.5 Å². The highest BCUT2D eigenvalue weighted by Gasteiger charge is 2.24. The third-order valence-corrected chi connectivity index (χ3v) is 6.33. The molecule has 2 aliphatic rings. The second-order valence-corrected chi connectivity index (χ2v) is 8.63. The average Bonchev–Trinajstić information content (AvgIpc) is 3.26. The minimum absolute atomic E-state index is 0.205. The Morgan fingerprint density at radius 3 is 2.72 bits per heavy atom. The second-order valence-electron chi connectivity index (χ2n) is 8.63. The van der Waals surface area contributed by atoms with Crippen LogP contribution in [0.3, 0.4) is 0 Å². The molecule has 0 saturated carbocycles. The molecule has 1 amide bonds. The van der Waals surface area contributed by atoms with Gasteiger partial charge in [0.1, 0.15) is 5.82 Å². The number of rotatable bonds is 6. The molecule has 7 heteroatoms. The number of aliphatic imine (C=N–C) groups is 1. The molecule has 1 saturated heterocycles. The largest absolute Gasteiger partial charge is 0.356 e. The highest BCUT2D eigenvalue weighted by Crippen LogP contribution is 2.28. The van der Waals surface area contributed by atoms with Crippen molar-refractivity contribution in [1.29, 1.82) is 0 Å². The molecule has 0 aliphatic carbocycles. The fraction of sp³-hybridized carbons (Fsp3) is 0.480. The van der Waals surface area contributed by atoms with Crippen LogP contribution in [-0.4, -0.2) is 56.1 Å². The van der Waals surface area contributed by atoms with Crippen molar-refractivity contribution in [3.05, 3.63) is 53.7 Å². The molecule has 1 aromatic heterocycles. The van der Waals surface area contributed by atoms with Crippen LogP contribution in [0, 0.1) is 6.92 Å². The van der Waals surface area contributed by atoms with Crippen molar-refractivity contribution in [2.24, 2.45) is 4.99 Å². The van der Waals surface area contributed by atoms with Crippen LogP contribution in [0.5, 0.6) is 0 Å². The molecule has 0 radical (unpaired) electrons. The maximum Gasteiger partial charge on any atom is 0.227 e. The molecule has 2 N–H and O–H groups in total. The molecule has 2 aliphatic heterocycles. The fourth-order valence-corrected chi connectivity index (χ4v) is 4.47. The third kappa shape index (κ3) is 5.39. The van der Waals surface area contributed by atoms with Gasteiger partial charge in [0.15, 0.2) is 5.96 Å². The number of aryl methyl sites for hydroxylation is 1. The summed E-state index contributed by atoms with van der Waals surface area (Å²) >= 11 is 0. The smallest absolute Gasteiger partial charge is 0.227 e. The average molecular weight is 435 g/mol. The van der Waals surface area contributed by atoms with Crippen LogP contribution in [0.25, 0.3) is 0 Å². The number of hydrogen-bond donors (Lipinski definition) is 2. The lowest BCUT2D eigenvalue weighted by atomic mass is 10.1. The number of piperidine rings is 1. The zero-order chi connectivity index (χ0) is 22.3. The van der Waals surface area contributed by atoms with E-state index in [4.69, 9.17) is 0 Å². The molecule has 0 bridgehead atoms. The summed E-state index contributed by atoms with van der Waals surface area (Å²) < 4.78 is 0. The number of pyridine rings is 1. The molecule has 1 fully saturated rings. The summed E-state index contributed by atoms with van der Waals surface area (Å²) in [4.78, 5) is 25.8. The van der Waals surface area contributed by atoms with Gasteiger partial charge in [-0.05, 0) is 55.9 Å². The van der Waals surface area contributed by atoms with Crippen molar-refractivity contribution in [3.63, 3.8) is 0 Å². The number of nitrogens with one attached hydrogen (secondary N) is 2. The Morgan fingerprint density at radius 2 is 1.97 bits per heavy atom. The summed E-state index contributed by atoms with van der Waals surface area (Å²) in [6, 6.07) is 12.8. The SMILES string of the molecule is CN=C(NCCCC(=O)N1CCc2ccccc21)NC1CCN(c2ccc(C)cn2)CC1. The molecule has 0 atom stereocenters. The van der Waals surface area contributed by atoms with E-state index in [9.17, 15) is 4.79 Å². The van der Waals surface area contributed by atoms with Crippen LogP contribution in [0.4, 0.5) is 11.5 Å². The van der Waals surface area contributed by atoms with E-state index in [1.54, 1.807) is 7.05 Å². The molecule has 0 spiro atoms. The van der Waals surface area contributed by atoms with Gasteiger partial charge in [0.05, 0.1) is 0 Å². The first-order valence-electron chi connectivity index (χ1n) is 11.7. The monoisotopic (exact) mass is 434 g/mol. The number of anilines is 2. The van der Waals surface area contributed by atoms with Crippen molar-refractivity contribution in [3.8, 4) is 0 Å². The number of aromatic nitrogens is 1. The molecule has 7 nitrogen and oxygen atoms in total. The Morgan fingerprint density at radius 1 is 1.16 bits per heavy atom. The lowest BCUT2D eigenvalue weighted by molar-refractivity contribution is -0.118. The highest BCUT2D eigenvalue weighted by atomic mass is 16.2. The number of amides is 1. The first-order valence-corrected chi connectivity index (χ1v) is 11.7. The van der Waals surface area contributed by atoms with Gasteiger partial charge in [0.25, 0.3) is 0 Å². The lowest BCUT2D eigenvalue weighted by Crippen LogP contribution is -2.49. The van der Waals surface area contributed by atoms with E-state index in [0.717, 1.165) is 69.3 Å². The Labute approximate surface area is 190 Å². The number of para-hydroxylation sites is 1. The molecular formula is C25H34N6O. The molecule has 1 aromatic carbocycles. The van der Waals surface area contributed by atoms with E-state index in [2.05, 4.69) is 50.6 Å². The van der Waals surface area contributed by atoms with Gasteiger partial charge in [-0.3, -0.25) is 9.79 Å². The first-order chi connectivity index (χ1) is 15.6. The number of carbonyl (C=O) groups excluding carboxylic acids is 1. The normalized spacial score (nSPS) is 16.8. The van der Waals surface area contributed by atoms with Crippen LogP contribution in [0.1, 0.15) is 36.8 Å². The zero-order valence-corrected chi connectivity index (χ0v) is 19.2. The minimum Gasteiger partial charge on any atom is -0.356 e. The van der Waals surface area contributed by atoms with Crippen molar-refractivity contribution in [1.82, 2.24) is 15.6 Å². The summed E-state index contributed by atoms with van der Waals surface area (Å²) in [7, 11) is 1.80. The minimum atomic E-state index is 0.205. The second kappa shape index (κ2) is 10.5. The summed E-state index contributed by atoms with van der Waals surface area (Å²) in [5.41, 5.74) is 3.54. The topological polar surface area (TPSA) is 72.9 Å². The van der Waals surface area contributed by atoms with E-state index < -0.39 is 0 Å². The number of carbonyl (C=O) groups is 1. The van der Waals surface area contributed by atoms with Crippen molar-refractivity contribution >= 4 is 23.4 Å². The predicted molar refractivity (Wildman–Crippen MR) is 130 cm³/mol. The van der Waals surface area contributed by atoms with Gasteiger partial charge in [-0.15, -0.1) is 0 Å². The molecule has 3 heterocycles. The molecule has 0 unspecified atom stereocenters. The Bertz CT molecular complexity index is 934. The van der Waals surface area contributed by atoms with Gasteiger partial charge in [-0.1, -0.05) is 24.3 Å². The molecule has 4 rings (SSSR count). The van der Waals surface area contributed by atoms with Gasteiger partial charge >= 0.3 is 0 Å². The molecule has 2 aromatic rings. The third-order valence-electron chi connectivity index (χ3n) is 6.33. The number of nitrogens with zero attached hydrogens (tertiary/aromatic N) is 4. The summed E-state index contributed by atoms with van der Waals surface area (Å²) in [6.45, 7) is 5.55. The van der Waals surface area contributed by atoms with Gasteiger partial charge in [0, 0.05) is 57.6 Å². The van der Waals surface area contributed by atoms with Gasteiger partial charge in [-0.25, -0.2) is 4.98 Å². The van der Waals surface area contributed by atoms with E-state index >= 15 is 0 Å². The van der Waals surface area contributed by atoms with Crippen molar-refractivity contribution in [2.75, 3.05) is 43.0 Å². The maximum absolute atomic E-state index is 12.6. The Hall–Kier alpha value is -3.09.